The third-order valence-electron chi connectivity index (χ3n) is 2.96. The monoisotopic (exact) mass is 269 g/mol. The second-order valence-electron chi connectivity index (χ2n) is 4.23. The van der Waals surface area contributed by atoms with Crippen LogP contribution in [0.15, 0.2) is 30.3 Å². The quantitative estimate of drug-likeness (QED) is 0.924. The Morgan fingerprint density at radius 1 is 1.21 bits per heavy atom. The summed E-state index contributed by atoms with van der Waals surface area (Å²) in [4.78, 5) is 2.04. The molecule has 102 valence electrons. The van der Waals surface area contributed by atoms with Crippen molar-refractivity contribution in [2.45, 2.75) is 13.1 Å². The molecule has 0 bridgehead atoms. The molecule has 0 saturated heterocycles. The van der Waals surface area contributed by atoms with Crippen molar-refractivity contribution in [3.63, 3.8) is 0 Å². The zero-order valence-corrected chi connectivity index (χ0v) is 10.6. The zero-order valence-electron chi connectivity index (χ0n) is 10.6. The van der Waals surface area contributed by atoms with E-state index < -0.39 is 11.9 Å². The number of aromatic nitrogens is 2. The highest BCUT2D eigenvalue weighted by molar-refractivity contribution is 5.63. The summed E-state index contributed by atoms with van der Waals surface area (Å²) in [6, 6.07) is 8.26. The van der Waals surface area contributed by atoms with E-state index in [9.17, 15) is 13.2 Å². The van der Waals surface area contributed by atoms with E-state index in [1.807, 2.05) is 36.1 Å². The number of hydrogen-bond donors (Lipinski definition) is 1. The standard InChI is InChI=1S/C13H14F3N3/c1-3-19(2)10-6-4-9(5-7-10)11-8-12(18-17-11)13(14,15)16/h4-8H,3H2,1-2H3,(H,17,18). The average Bonchev–Trinajstić information content (AvgIpc) is 2.87. The summed E-state index contributed by atoms with van der Waals surface area (Å²) in [5.41, 5.74) is 1.12. The van der Waals surface area contributed by atoms with E-state index >= 15 is 0 Å². The van der Waals surface area contributed by atoms with Crippen LogP contribution >= 0.6 is 0 Å². The van der Waals surface area contributed by atoms with Crippen LogP contribution in [0.25, 0.3) is 11.3 Å². The molecule has 1 heterocycles. The van der Waals surface area contributed by atoms with Gasteiger partial charge in [0.15, 0.2) is 0 Å². The zero-order chi connectivity index (χ0) is 14.0. The van der Waals surface area contributed by atoms with Crippen LogP contribution in [0.2, 0.25) is 0 Å². The first kappa shape index (κ1) is 13.5. The van der Waals surface area contributed by atoms with E-state index in [1.54, 1.807) is 12.1 Å². The van der Waals surface area contributed by atoms with Crippen molar-refractivity contribution in [2.24, 2.45) is 0 Å². The Morgan fingerprint density at radius 2 is 1.84 bits per heavy atom. The number of benzene rings is 1. The SMILES string of the molecule is CCN(C)c1ccc(-c2cc(C(F)(F)F)[nH]n2)cc1. The van der Waals surface area contributed by atoms with Crippen LogP contribution < -0.4 is 4.90 Å². The van der Waals surface area contributed by atoms with Crippen molar-refractivity contribution in [3.8, 4) is 11.3 Å². The van der Waals surface area contributed by atoms with Crippen molar-refractivity contribution in [1.29, 1.82) is 0 Å². The van der Waals surface area contributed by atoms with Crippen LogP contribution in [0.4, 0.5) is 18.9 Å². The molecule has 0 atom stereocenters. The van der Waals surface area contributed by atoms with Crippen molar-refractivity contribution in [3.05, 3.63) is 36.0 Å². The lowest BCUT2D eigenvalue weighted by Crippen LogP contribution is -2.15. The lowest BCUT2D eigenvalue weighted by molar-refractivity contribution is -0.141. The number of nitrogens with zero attached hydrogens (tertiary/aromatic N) is 2. The van der Waals surface area contributed by atoms with E-state index in [2.05, 4.69) is 5.10 Å². The Balaban J connectivity index is 2.25. The molecule has 1 aromatic carbocycles. The molecule has 1 aromatic heterocycles. The molecule has 0 aliphatic heterocycles. The van der Waals surface area contributed by atoms with Gasteiger partial charge in [0.05, 0.1) is 5.69 Å². The average molecular weight is 269 g/mol. The van der Waals surface area contributed by atoms with Crippen LogP contribution in [0.1, 0.15) is 12.6 Å². The van der Waals surface area contributed by atoms with Gasteiger partial charge in [0.2, 0.25) is 0 Å². The lowest BCUT2D eigenvalue weighted by Gasteiger charge is -2.16. The van der Waals surface area contributed by atoms with Gasteiger partial charge in [-0.1, -0.05) is 12.1 Å². The molecule has 0 fully saturated rings. The Morgan fingerprint density at radius 3 is 2.32 bits per heavy atom. The second-order valence-corrected chi connectivity index (χ2v) is 4.23. The Labute approximate surface area is 109 Å². The van der Waals surface area contributed by atoms with E-state index in [0.717, 1.165) is 18.3 Å². The second kappa shape index (κ2) is 4.95. The summed E-state index contributed by atoms with van der Waals surface area (Å²) in [7, 11) is 1.95. The van der Waals surface area contributed by atoms with Crippen LogP contribution in [0, 0.1) is 0 Å². The normalized spacial score (nSPS) is 11.6. The van der Waals surface area contributed by atoms with Gasteiger partial charge in [-0.2, -0.15) is 18.3 Å². The molecule has 0 amide bonds. The maximum absolute atomic E-state index is 12.5. The maximum Gasteiger partial charge on any atom is 0.432 e. The minimum absolute atomic E-state index is 0.290. The van der Waals surface area contributed by atoms with Crippen molar-refractivity contribution in [1.82, 2.24) is 10.2 Å². The predicted molar refractivity (Wildman–Crippen MR) is 68.0 cm³/mol. The number of rotatable bonds is 3. The summed E-state index contributed by atoms with van der Waals surface area (Å²) >= 11 is 0. The molecule has 0 unspecified atom stereocenters. The van der Waals surface area contributed by atoms with E-state index in [1.165, 1.54) is 0 Å². The molecular weight excluding hydrogens is 255 g/mol. The van der Waals surface area contributed by atoms with Gasteiger partial charge in [0, 0.05) is 24.8 Å². The van der Waals surface area contributed by atoms with E-state index in [4.69, 9.17) is 0 Å². The highest BCUT2D eigenvalue weighted by Crippen LogP contribution is 2.30. The van der Waals surface area contributed by atoms with E-state index in [0.29, 0.717) is 5.56 Å². The first-order valence-corrected chi connectivity index (χ1v) is 5.86. The molecule has 3 nitrogen and oxygen atoms in total. The minimum atomic E-state index is -4.40. The highest BCUT2D eigenvalue weighted by atomic mass is 19.4. The maximum atomic E-state index is 12.5. The van der Waals surface area contributed by atoms with Gasteiger partial charge in [-0.05, 0) is 25.1 Å². The third kappa shape index (κ3) is 2.89. The Kier molecular flexibility index (Phi) is 3.50. The molecule has 19 heavy (non-hydrogen) atoms. The van der Waals surface area contributed by atoms with Crippen LogP contribution in [-0.4, -0.2) is 23.8 Å². The molecule has 2 rings (SSSR count). The number of H-pyrrole nitrogens is 1. The molecular formula is C13H14F3N3. The van der Waals surface area contributed by atoms with Crippen molar-refractivity contribution < 1.29 is 13.2 Å². The van der Waals surface area contributed by atoms with Gasteiger partial charge < -0.3 is 4.90 Å². The minimum Gasteiger partial charge on any atom is -0.375 e. The van der Waals surface area contributed by atoms with Gasteiger partial charge in [0.25, 0.3) is 0 Å². The van der Waals surface area contributed by atoms with Gasteiger partial charge in [0.1, 0.15) is 5.69 Å². The number of nitrogens with one attached hydrogen (secondary N) is 1. The molecule has 6 heteroatoms. The number of halogens is 3. The van der Waals surface area contributed by atoms with E-state index in [-0.39, 0.29) is 5.69 Å². The van der Waals surface area contributed by atoms with Crippen LogP contribution in [0.5, 0.6) is 0 Å². The summed E-state index contributed by atoms with van der Waals surface area (Å²) < 4.78 is 37.4. The number of alkyl halides is 3. The fourth-order valence-electron chi connectivity index (χ4n) is 1.68. The predicted octanol–water partition coefficient (Wildman–Crippen LogP) is 3.55. The fourth-order valence-corrected chi connectivity index (χ4v) is 1.68. The summed E-state index contributed by atoms with van der Waals surface area (Å²) in [6.07, 6.45) is -4.40. The van der Waals surface area contributed by atoms with Gasteiger partial charge in [-0.3, -0.25) is 5.10 Å². The molecule has 2 aromatic rings. The lowest BCUT2D eigenvalue weighted by atomic mass is 10.1. The summed E-state index contributed by atoms with van der Waals surface area (Å²) in [6.45, 7) is 2.89. The third-order valence-corrected chi connectivity index (χ3v) is 2.96. The van der Waals surface area contributed by atoms with Gasteiger partial charge in [-0.25, -0.2) is 0 Å². The summed E-state index contributed by atoms with van der Waals surface area (Å²) in [5, 5.41) is 5.70. The first-order valence-electron chi connectivity index (χ1n) is 5.86. The van der Waals surface area contributed by atoms with Gasteiger partial charge in [-0.15, -0.1) is 0 Å². The smallest absolute Gasteiger partial charge is 0.375 e. The van der Waals surface area contributed by atoms with Crippen LogP contribution in [-0.2, 0) is 6.18 Å². The highest BCUT2D eigenvalue weighted by Gasteiger charge is 2.33. The largest absolute Gasteiger partial charge is 0.432 e. The molecule has 0 spiro atoms. The molecule has 0 radical (unpaired) electrons. The van der Waals surface area contributed by atoms with Gasteiger partial charge >= 0.3 is 6.18 Å². The Bertz CT molecular complexity index is 543. The fraction of sp³-hybridized carbons (Fsp3) is 0.308. The first-order chi connectivity index (χ1) is 8.91. The molecule has 0 saturated carbocycles. The number of anilines is 1. The van der Waals surface area contributed by atoms with Crippen molar-refractivity contribution >= 4 is 5.69 Å². The molecule has 0 aliphatic rings. The molecule has 1 N–H and O–H groups in total. The van der Waals surface area contributed by atoms with Crippen molar-refractivity contribution in [2.75, 3.05) is 18.5 Å². The number of hydrogen-bond acceptors (Lipinski definition) is 2. The summed E-state index contributed by atoms with van der Waals surface area (Å²) in [5.74, 6) is 0. The van der Waals surface area contributed by atoms with Crippen LogP contribution in [0.3, 0.4) is 0 Å². The topological polar surface area (TPSA) is 31.9 Å². The number of aromatic amines is 1. The Hall–Kier alpha value is -1.98. The molecule has 0 aliphatic carbocycles.